The molecule has 0 radical (unpaired) electrons. The molecule has 1 aromatic carbocycles. The fraction of sp³-hybridized carbons (Fsp3) is 0.235. The zero-order chi connectivity index (χ0) is 13.8. The highest BCUT2D eigenvalue weighted by Gasteiger charge is 2.06. The Morgan fingerprint density at radius 1 is 1.10 bits per heavy atom. The smallest absolute Gasteiger partial charge is 0.0648 e. The van der Waals surface area contributed by atoms with Crippen LogP contribution in [-0.2, 0) is 13.1 Å². The lowest BCUT2D eigenvalue weighted by Crippen LogP contribution is -2.11. The maximum atomic E-state index is 4.40. The Bertz CT molecular complexity index is 686. The van der Waals surface area contributed by atoms with Crippen molar-refractivity contribution in [2.24, 2.45) is 0 Å². The third-order valence-corrected chi connectivity index (χ3v) is 3.53. The molecule has 0 saturated carbocycles. The van der Waals surface area contributed by atoms with Crippen LogP contribution in [0.2, 0.25) is 0 Å². The van der Waals surface area contributed by atoms with Gasteiger partial charge in [-0.3, -0.25) is 4.98 Å². The molecule has 20 heavy (non-hydrogen) atoms. The average Bonchev–Trinajstić information content (AvgIpc) is 2.90. The monoisotopic (exact) mass is 265 g/mol. The van der Waals surface area contributed by atoms with Crippen LogP contribution in [0.1, 0.15) is 18.2 Å². The molecule has 3 rings (SSSR count). The van der Waals surface area contributed by atoms with Crippen LogP contribution < -0.4 is 5.32 Å². The van der Waals surface area contributed by atoms with Crippen LogP contribution in [-0.4, -0.2) is 16.1 Å². The minimum absolute atomic E-state index is 0.814. The summed E-state index contributed by atoms with van der Waals surface area (Å²) in [6.07, 6.45) is 3.99. The van der Waals surface area contributed by atoms with Gasteiger partial charge in [-0.05, 0) is 36.4 Å². The van der Waals surface area contributed by atoms with Crippen molar-refractivity contribution in [3.8, 4) is 0 Å². The first-order chi connectivity index (χ1) is 9.88. The second-order valence-electron chi connectivity index (χ2n) is 4.89. The zero-order valence-corrected chi connectivity index (χ0v) is 11.7. The summed E-state index contributed by atoms with van der Waals surface area (Å²) in [6, 6.07) is 14.7. The number of pyridine rings is 1. The highest BCUT2D eigenvalue weighted by Crippen LogP contribution is 2.21. The van der Waals surface area contributed by atoms with Gasteiger partial charge in [-0.25, -0.2) is 0 Å². The fourth-order valence-electron chi connectivity index (χ4n) is 2.51. The lowest BCUT2D eigenvalue weighted by Gasteiger charge is -2.07. The molecule has 0 fully saturated rings. The molecule has 2 heterocycles. The quantitative estimate of drug-likeness (QED) is 0.768. The van der Waals surface area contributed by atoms with Crippen molar-refractivity contribution in [1.29, 1.82) is 0 Å². The van der Waals surface area contributed by atoms with E-state index in [9.17, 15) is 0 Å². The van der Waals surface area contributed by atoms with E-state index in [4.69, 9.17) is 0 Å². The van der Waals surface area contributed by atoms with Crippen LogP contribution in [0.25, 0.3) is 10.9 Å². The molecule has 0 unspecified atom stereocenters. The molecule has 0 atom stereocenters. The summed E-state index contributed by atoms with van der Waals surface area (Å²) in [7, 11) is 0. The van der Waals surface area contributed by atoms with Gasteiger partial charge < -0.3 is 9.88 Å². The van der Waals surface area contributed by atoms with E-state index >= 15 is 0 Å². The van der Waals surface area contributed by atoms with Crippen LogP contribution in [0.3, 0.4) is 0 Å². The molecule has 0 spiro atoms. The Morgan fingerprint density at radius 3 is 2.85 bits per heavy atom. The lowest BCUT2D eigenvalue weighted by molar-refractivity contribution is 0.730. The predicted molar refractivity (Wildman–Crippen MR) is 82.7 cm³/mol. The second kappa shape index (κ2) is 5.88. The molecule has 0 aliphatic rings. The first kappa shape index (κ1) is 12.9. The molecule has 3 heteroatoms. The summed E-state index contributed by atoms with van der Waals surface area (Å²) >= 11 is 0. The number of hydrogen-bond acceptors (Lipinski definition) is 2. The Balaban J connectivity index is 1.93. The Labute approximate surface area is 119 Å². The van der Waals surface area contributed by atoms with Gasteiger partial charge in [0.25, 0.3) is 0 Å². The van der Waals surface area contributed by atoms with Gasteiger partial charge in [-0.1, -0.05) is 25.1 Å². The molecule has 3 nitrogen and oxygen atoms in total. The molecule has 0 bridgehead atoms. The molecular formula is C17H19N3. The van der Waals surface area contributed by atoms with Crippen molar-refractivity contribution < 1.29 is 0 Å². The minimum Gasteiger partial charge on any atom is -0.341 e. The Hall–Kier alpha value is -2.13. The van der Waals surface area contributed by atoms with Crippen LogP contribution in [0.4, 0.5) is 0 Å². The molecule has 0 aliphatic heterocycles. The SMILES string of the molecule is CCNCc1cccc2c1ccn2Cc1ccccn1. The van der Waals surface area contributed by atoms with Gasteiger partial charge in [0.15, 0.2) is 0 Å². The standard InChI is InChI=1S/C17H19N3/c1-2-18-12-14-6-5-8-17-16(14)9-11-20(17)13-15-7-3-4-10-19-15/h3-11,18H,2,12-13H2,1H3. The summed E-state index contributed by atoms with van der Waals surface area (Å²) in [5.74, 6) is 0. The van der Waals surface area contributed by atoms with Crippen LogP contribution >= 0.6 is 0 Å². The molecule has 0 saturated heterocycles. The van der Waals surface area contributed by atoms with E-state index < -0.39 is 0 Å². The van der Waals surface area contributed by atoms with Crippen LogP contribution in [0, 0.1) is 0 Å². The normalized spacial score (nSPS) is 11.1. The number of hydrogen-bond donors (Lipinski definition) is 1. The van der Waals surface area contributed by atoms with E-state index in [1.54, 1.807) is 0 Å². The number of fused-ring (bicyclic) bond motifs is 1. The predicted octanol–water partition coefficient (Wildman–Crippen LogP) is 3.19. The Morgan fingerprint density at radius 2 is 2.05 bits per heavy atom. The van der Waals surface area contributed by atoms with Crippen LogP contribution in [0.15, 0.2) is 54.9 Å². The van der Waals surface area contributed by atoms with E-state index in [1.165, 1.54) is 16.5 Å². The highest BCUT2D eigenvalue weighted by molar-refractivity contribution is 5.83. The molecule has 0 aliphatic carbocycles. The first-order valence-electron chi connectivity index (χ1n) is 7.06. The van der Waals surface area contributed by atoms with Gasteiger partial charge in [0, 0.05) is 29.8 Å². The molecular weight excluding hydrogens is 246 g/mol. The van der Waals surface area contributed by atoms with E-state index in [2.05, 4.69) is 58.3 Å². The van der Waals surface area contributed by atoms with Crippen molar-refractivity contribution in [2.75, 3.05) is 6.54 Å². The van der Waals surface area contributed by atoms with Gasteiger partial charge in [0.05, 0.1) is 12.2 Å². The summed E-state index contributed by atoms with van der Waals surface area (Å²) in [5, 5.41) is 4.72. The summed E-state index contributed by atoms with van der Waals surface area (Å²) < 4.78 is 2.26. The maximum Gasteiger partial charge on any atom is 0.0648 e. The van der Waals surface area contributed by atoms with Gasteiger partial charge in [0.1, 0.15) is 0 Å². The lowest BCUT2D eigenvalue weighted by atomic mass is 10.1. The van der Waals surface area contributed by atoms with Gasteiger partial charge in [-0.15, -0.1) is 0 Å². The third kappa shape index (κ3) is 2.58. The van der Waals surface area contributed by atoms with E-state index in [0.29, 0.717) is 0 Å². The number of aromatic nitrogens is 2. The Kier molecular flexibility index (Phi) is 3.79. The van der Waals surface area contributed by atoms with Crippen molar-refractivity contribution in [3.63, 3.8) is 0 Å². The molecule has 1 N–H and O–H groups in total. The number of rotatable bonds is 5. The second-order valence-corrected chi connectivity index (χ2v) is 4.89. The summed E-state index contributed by atoms with van der Waals surface area (Å²) in [4.78, 5) is 4.40. The largest absolute Gasteiger partial charge is 0.341 e. The fourth-order valence-corrected chi connectivity index (χ4v) is 2.51. The van der Waals surface area contributed by atoms with Crippen molar-refractivity contribution in [2.45, 2.75) is 20.0 Å². The first-order valence-corrected chi connectivity index (χ1v) is 7.06. The topological polar surface area (TPSA) is 29.9 Å². The van der Waals surface area contributed by atoms with E-state index in [0.717, 1.165) is 25.3 Å². The van der Waals surface area contributed by atoms with Crippen molar-refractivity contribution in [1.82, 2.24) is 14.9 Å². The number of nitrogens with one attached hydrogen (secondary N) is 1. The number of nitrogens with zero attached hydrogens (tertiary/aromatic N) is 2. The molecule has 2 aromatic heterocycles. The van der Waals surface area contributed by atoms with Crippen LogP contribution in [0.5, 0.6) is 0 Å². The summed E-state index contributed by atoms with van der Waals surface area (Å²) in [5.41, 5.74) is 3.71. The van der Waals surface area contributed by atoms with Gasteiger partial charge >= 0.3 is 0 Å². The minimum atomic E-state index is 0.814. The number of benzene rings is 1. The van der Waals surface area contributed by atoms with Gasteiger partial charge in [0.2, 0.25) is 0 Å². The maximum absolute atomic E-state index is 4.40. The average molecular weight is 265 g/mol. The third-order valence-electron chi connectivity index (χ3n) is 3.53. The molecule has 102 valence electrons. The van der Waals surface area contributed by atoms with E-state index in [1.807, 2.05) is 18.3 Å². The molecule has 0 amide bonds. The van der Waals surface area contributed by atoms with Crippen molar-refractivity contribution >= 4 is 10.9 Å². The van der Waals surface area contributed by atoms with Gasteiger partial charge in [-0.2, -0.15) is 0 Å². The van der Waals surface area contributed by atoms with Crippen molar-refractivity contribution in [3.05, 3.63) is 66.1 Å². The van der Waals surface area contributed by atoms with E-state index in [-0.39, 0.29) is 0 Å². The highest BCUT2D eigenvalue weighted by atomic mass is 15.0. The zero-order valence-electron chi connectivity index (χ0n) is 11.7. The summed E-state index contributed by atoms with van der Waals surface area (Å²) in [6.45, 7) is 4.86. The molecule has 3 aromatic rings.